The van der Waals surface area contributed by atoms with Gasteiger partial charge in [-0.2, -0.15) is 0 Å². The molecule has 1 aromatic carbocycles. The Morgan fingerprint density at radius 3 is 2.00 bits per heavy atom. The van der Waals surface area contributed by atoms with E-state index in [2.05, 4.69) is 33.4 Å². The van der Waals surface area contributed by atoms with Crippen molar-refractivity contribution in [2.45, 2.75) is 45.9 Å². The third-order valence-electron chi connectivity index (χ3n) is 3.22. The minimum Gasteiger partial charge on any atom is -0.122 e. The van der Waals surface area contributed by atoms with Crippen LogP contribution in [0.1, 0.15) is 48.6 Å². The molecular formula is C15H21Cl. The summed E-state index contributed by atoms with van der Waals surface area (Å²) in [5.41, 5.74) is 6.90. The van der Waals surface area contributed by atoms with Gasteiger partial charge in [-0.1, -0.05) is 33.4 Å². The number of hydrogen-bond acceptors (Lipinski definition) is 0. The van der Waals surface area contributed by atoms with E-state index >= 15 is 0 Å². The van der Waals surface area contributed by atoms with Gasteiger partial charge >= 0.3 is 0 Å². The molecule has 0 atom stereocenters. The molecule has 16 heavy (non-hydrogen) atoms. The second-order valence-corrected chi connectivity index (χ2v) is 4.23. The summed E-state index contributed by atoms with van der Waals surface area (Å²) in [7, 11) is 0. The van der Waals surface area contributed by atoms with E-state index in [1.807, 2.05) is 6.08 Å². The highest BCUT2D eigenvalue weighted by Crippen LogP contribution is 2.27. The van der Waals surface area contributed by atoms with Crippen LogP contribution >= 0.6 is 11.6 Å². The predicted molar refractivity (Wildman–Crippen MR) is 74.2 cm³/mol. The lowest BCUT2D eigenvalue weighted by atomic mass is 9.88. The number of halogens is 1. The van der Waals surface area contributed by atoms with Gasteiger partial charge < -0.3 is 0 Å². The van der Waals surface area contributed by atoms with Crippen LogP contribution in [0.25, 0.3) is 6.08 Å². The molecule has 1 heteroatoms. The van der Waals surface area contributed by atoms with Crippen molar-refractivity contribution in [2.75, 3.05) is 0 Å². The number of rotatable bonds is 5. The maximum Gasteiger partial charge on any atom is 0.0477 e. The van der Waals surface area contributed by atoms with Gasteiger partial charge in [0.05, 0.1) is 0 Å². The molecule has 0 heterocycles. The molecule has 0 radical (unpaired) electrons. The largest absolute Gasteiger partial charge is 0.122 e. The monoisotopic (exact) mass is 236 g/mol. The quantitative estimate of drug-likeness (QED) is 0.647. The lowest BCUT2D eigenvalue weighted by Gasteiger charge is -2.18. The molecule has 1 aromatic rings. The van der Waals surface area contributed by atoms with Crippen LogP contribution < -0.4 is 0 Å². The lowest BCUT2D eigenvalue weighted by molar-refractivity contribution is 0.961. The number of alkyl halides is 1. The number of benzene rings is 1. The third kappa shape index (κ3) is 2.32. The zero-order valence-electron chi connectivity index (χ0n) is 10.6. The summed E-state index contributed by atoms with van der Waals surface area (Å²) in [5, 5.41) is 0. The van der Waals surface area contributed by atoms with Crippen LogP contribution in [0.3, 0.4) is 0 Å². The van der Waals surface area contributed by atoms with Gasteiger partial charge in [0.25, 0.3) is 0 Å². The smallest absolute Gasteiger partial charge is 0.0477 e. The van der Waals surface area contributed by atoms with Crippen molar-refractivity contribution < 1.29 is 0 Å². The first-order valence-electron chi connectivity index (χ1n) is 6.08. The Labute approximate surface area is 104 Å². The molecule has 0 aliphatic carbocycles. The first-order chi connectivity index (χ1) is 7.73. The Hall–Kier alpha value is -0.750. The highest BCUT2D eigenvalue weighted by Gasteiger charge is 2.12. The molecule has 0 aliphatic rings. The first kappa shape index (κ1) is 13.3. The van der Waals surface area contributed by atoms with Crippen molar-refractivity contribution in [2.24, 2.45) is 0 Å². The summed E-state index contributed by atoms with van der Waals surface area (Å²) in [5.74, 6) is 0.598. The van der Waals surface area contributed by atoms with E-state index in [-0.39, 0.29) is 0 Å². The van der Waals surface area contributed by atoms with Crippen LogP contribution in [0, 0.1) is 0 Å². The van der Waals surface area contributed by atoms with E-state index in [0.717, 1.165) is 19.3 Å². The zero-order chi connectivity index (χ0) is 12.1. The SMILES string of the molecule is C=Cc1cc(CCl)c(CC)c(CC)c1CC. The molecule has 0 aliphatic heterocycles. The zero-order valence-corrected chi connectivity index (χ0v) is 11.3. The average molecular weight is 237 g/mol. The Kier molecular flexibility index (Phi) is 5.08. The first-order valence-corrected chi connectivity index (χ1v) is 6.61. The third-order valence-corrected chi connectivity index (χ3v) is 3.51. The van der Waals surface area contributed by atoms with Crippen LogP contribution in [-0.2, 0) is 25.1 Å². The summed E-state index contributed by atoms with van der Waals surface area (Å²) < 4.78 is 0. The second kappa shape index (κ2) is 6.10. The summed E-state index contributed by atoms with van der Waals surface area (Å²) in [6.07, 6.45) is 5.17. The lowest BCUT2D eigenvalue weighted by Crippen LogP contribution is -2.04. The van der Waals surface area contributed by atoms with Crippen molar-refractivity contribution in [1.29, 1.82) is 0 Å². The van der Waals surface area contributed by atoms with Crippen LogP contribution in [0.4, 0.5) is 0 Å². The highest BCUT2D eigenvalue weighted by atomic mass is 35.5. The Morgan fingerprint density at radius 1 is 1.06 bits per heavy atom. The highest BCUT2D eigenvalue weighted by molar-refractivity contribution is 6.17. The molecule has 0 saturated heterocycles. The van der Waals surface area contributed by atoms with Crippen molar-refractivity contribution >= 4 is 17.7 Å². The summed E-state index contributed by atoms with van der Waals surface area (Å²) in [6, 6.07) is 2.21. The summed E-state index contributed by atoms with van der Waals surface area (Å²) in [6.45, 7) is 10.5. The molecule has 0 nitrogen and oxygen atoms in total. The topological polar surface area (TPSA) is 0 Å². The maximum absolute atomic E-state index is 6.03. The van der Waals surface area contributed by atoms with E-state index in [1.165, 1.54) is 27.8 Å². The van der Waals surface area contributed by atoms with Crippen LogP contribution in [0.15, 0.2) is 12.6 Å². The Morgan fingerprint density at radius 2 is 1.62 bits per heavy atom. The van der Waals surface area contributed by atoms with E-state index in [9.17, 15) is 0 Å². The second-order valence-electron chi connectivity index (χ2n) is 3.96. The molecule has 0 fully saturated rings. The van der Waals surface area contributed by atoms with Gasteiger partial charge in [0.15, 0.2) is 0 Å². The fourth-order valence-corrected chi connectivity index (χ4v) is 2.74. The van der Waals surface area contributed by atoms with Crippen molar-refractivity contribution in [3.05, 3.63) is 40.5 Å². The van der Waals surface area contributed by atoms with E-state index in [0.29, 0.717) is 5.88 Å². The number of hydrogen-bond donors (Lipinski definition) is 0. The molecular weight excluding hydrogens is 216 g/mol. The Bertz CT molecular complexity index is 378. The van der Waals surface area contributed by atoms with E-state index < -0.39 is 0 Å². The molecule has 0 N–H and O–H groups in total. The Balaban J connectivity index is 3.54. The minimum absolute atomic E-state index is 0.598. The molecule has 0 saturated carbocycles. The molecule has 0 aromatic heterocycles. The van der Waals surface area contributed by atoms with Gasteiger partial charge in [-0.25, -0.2) is 0 Å². The molecule has 0 amide bonds. The molecule has 88 valence electrons. The fraction of sp³-hybridized carbons (Fsp3) is 0.467. The standard InChI is InChI=1S/C15H21Cl/c1-5-11-9-12(10-16)14(7-3)15(8-4)13(11)6-2/h5,9H,1,6-8,10H2,2-4H3. The summed E-state index contributed by atoms with van der Waals surface area (Å²) in [4.78, 5) is 0. The van der Waals surface area contributed by atoms with E-state index in [1.54, 1.807) is 0 Å². The van der Waals surface area contributed by atoms with Crippen molar-refractivity contribution in [1.82, 2.24) is 0 Å². The van der Waals surface area contributed by atoms with Gasteiger partial charge in [0, 0.05) is 5.88 Å². The van der Waals surface area contributed by atoms with E-state index in [4.69, 9.17) is 11.6 Å². The molecule has 0 bridgehead atoms. The molecule has 1 rings (SSSR count). The molecule has 0 spiro atoms. The van der Waals surface area contributed by atoms with Gasteiger partial charge in [0.1, 0.15) is 0 Å². The average Bonchev–Trinajstić information content (AvgIpc) is 2.35. The fourth-order valence-electron chi connectivity index (χ4n) is 2.50. The van der Waals surface area contributed by atoms with Crippen molar-refractivity contribution in [3.63, 3.8) is 0 Å². The van der Waals surface area contributed by atoms with Crippen LogP contribution in [0.2, 0.25) is 0 Å². The predicted octanol–water partition coefficient (Wildman–Crippen LogP) is 4.76. The minimum atomic E-state index is 0.598. The van der Waals surface area contributed by atoms with Gasteiger partial charge in [-0.15, -0.1) is 11.6 Å². The van der Waals surface area contributed by atoms with Gasteiger partial charge in [-0.05, 0) is 53.1 Å². The van der Waals surface area contributed by atoms with Gasteiger partial charge in [-0.3, -0.25) is 0 Å². The van der Waals surface area contributed by atoms with Crippen LogP contribution in [0.5, 0.6) is 0 Å². The van der Waals surface area contributed by atoms with Crippen molar-refractivity contribution in [3.8, 4) is 0 Å². The van der Waals surface area contributed by atoms with Crippen LogP contribution in [-0.4, -0.2) is 0 Å². The normalized spacial score (nSPS) is 10.5. The molecule has 0 unspecified atom stereocenters. The summed E-state index contributed by atoms with van der Waals surface area (Å²) >= 11 is 6.03. The maximum atomic E-state index is 6.03. The van der Waals surface area contributed by atoms with Gasteiger partial charge in [0.2, 0.25) is 0 Å².